The van der Waals surface area contributed by atoms with Crippen LogP contribution in [0.2, 0.25) is 0 Å². The number of nitrogens with one attached hydrogen (secondary N) is 1. The van der Waals surface area contributed by atoms with Crippen LogP contribution in [0.5, 0.6) is 11.5 Å². The molecule has 1 aliphatic heterocycles. The van der Waals surface area contributed by atoms with Crippen LogP contribution in [-0.2, 0) is 0 Å². The van der Waals surface area contributed by atoms with Crippen molar-refractivity contribution in [1.82, 2.24) is 0 Å². The third-order valence-electron chi connectivity index (χ3n) is 5.21. The quantitative estimate of drug-likeness (QED) is 0.751. The van der Waals surface area contributed by atoms with Gasteiger partial charge in [-0.3, -0.25) is 4.79 Å². The minimum atomic E-state index is -0.413. The summed E-state index contributed by atoms with van der Waals surface area (Å²) in [6.07, 6.45) is 5.32. The van der Waals surface area contributed by atoms with Crippen molar-refractivity contribution in [3.8, 4) is 11.5 Å². The van der Waals surface area contributed by atoms with Gasteiger partial charge in [-0.2, -0.15) is 0 Å². The van der Waals surface area contributed by atoms with Crippen LogP contribution < -0.4 is 15.8 Å². The first-order chi connectivity index (χ1) is 12.1. The fraction of sp³-hybridized carbons (Fsp3) is 0.250. The summed E-state index contributed by atoms with van der Waals surface area (Å²) in [5, 5.41) is 13.7. The molecule has 4 rings (SSSR count). The molecular formula is C20H20N2O3. The Bertz CT molecular complexity index is 875. The van der Waals surface area contributed by atoms with E-state index < -0.39 is 5.91 Å². The van der Waals surface area contributed by atoms with E-state index in [-0.39, 0.29) is 17.7 Å². The van der Waals surface area contributed by atoms with Crippen molar-refractivity contribution in [2.75, 3.05) is 12.4 Å². The van der Waals surface area contributed by atoms with E-state index >= 15 is 0 Å². The first-order valence-electron chi connectivity index (χ1n) is 8.32. The molecule has 1 heterocycles. The van der Waals surface area contributed by atoms with Crippen LogP contribution in [0, 0.1) is 5.92 Å². The zero-order chi connectivity index (χ0) is 17.6. The Morgan fingerprint density at radius 1 is 1.28 bits per heavy atom. The van der Waals surface area contributed by atoms with E-state index in [1.165, 1.54) is 7.11 Å². The summed E-state index contributed by atoms with van der Waals surface area (Å²) in [6.45, 7) is 0. The Hall–Kier alpha value is -2.95. The zero-order valence-electron chi connectivity index (χ0n) is 13.9. The molecule has 2 aromatic rings. The van der Waals surface area contributed by atoms with Gasteiger partial charge >= 0.3 is 0 Å². The van der Waals surface area contributed by atoms with Gasteiger partial charge in [0, 0.05) is 17.2 Å². The predicted molar refractivity (Wildman–Crippen MR) is 96.0 cm³/mol. The number of aromatic hydroxyl groups is 1. The van der Waals surface area contributed by atoms with Crippen LogP contribution in [0.4, 0.5) is 5.69 Å². The second-order valence-electron chi connectivity index (χ2n) is 6.57. The number of ether oxygens (including phenoxy) is 1. The number of fused-ring (bicyclic) bond motifs is 3. The normalized spacial score (nSPS) is 23.5. The highest BCUT2D eigenvalue weighted by Gasteiger charge is 2.38. The van der Waals surface area contributed by atoms with Gasteiger partial charge in [-0.25, -0.2) is 0 Å². The lowest BCUT2D eigenvalue weighted by molar-refractivity contribution is 0.1000. The van der Waals surface area contributed by atoms with E-state index in [1.807, 2.05) is 18.2 Å². The maximum absolute atomic E-state index is 11.5. The van der Waals surface area contributed by atoms with Gasteiger partial charge < -0.3 is 20.9 Å². The highest BCUT2D eigenvalue weighted by molar-refractivity contribution is 5.93. The maximum Gasteiger partial charge on any atom is 0.248 e. The Morgan fingerprint density at radius 3 is 2.84 bits per heavy atom. The first kappa shape index (κ1) is 15.6. The van der Waals surface area contributed by atoms with Crippen molar-refractivity contribution in [3.63, 3.8) is 0 Å². The monoisotopic (exact) mass is 336 g/mol. The van der Waals surface area contributed by atoms with Crippen LogP contribution in [0.1, 0.15) is 39.9 Å². The van der Waals surface area contributed by atoms with Gasteiger partial charge in [0.15, 0.2) is 11.5 Å². The van der Waals surface area contributed by atoms with Crippen LogP contribution in [0.3, 0.4) is 0 Å². The van der Waals surface area contributed by atoms with Gasteiger partial charge in [0.05, 0.1) is 13.2 Å². The molecule has 0 spiro atoms. The molecule has 0 saturated heterocycles. The minimum Gasteiger partial charge on any atom is -0.504 e. The van der Waals surface area contributed by atoms with E-state index in [9.17, 15) is 9.90 Å². The highest BCUT2D eigenvalue weighted by Crippen LogP contribution is 2.50. The van der Waals surface area contributed by atoms with Gasteiger partial charge in [-0.05, 0) is 53.8 Å². The number of amides is 1. The summed E-state index contributed by atoms with van der Waals surface area (Å²) in [7, 11) is 1.54. The molecule has 25 heavy (non-hydrogen) atoms. The number of phenolic OH excluding ortho intramolecular Hbond substituents is 1. The molecule has 3 atom stereocenters. The number of primary amides is 1. The van der Waals surface area contributed by atoms with Crippen LogP contribution in [0.25, 0.3) is 0 Å². The van der Waals surface area contributed by atoms with Crippen molar-refractivity contribution in [1.29, 1.82) is 0 Å². The number of allylic oxidation sites excluding steroid dienone is 2. The summed E-state index contributed by atoms with van der Waals surface area (Å²) in [6, 6.07) is 11.1. The van der Waals surface area contributed by atoms with Crippen LogP contribution in [0.15, 0.2) is 48.6 Å². The molecule has 5 nitrogen and oxygen atoms in total. The summed E-state index contributed by atoms with van der Waals surface area (Å²) < 4.78 is 5.14. The number of anilines is 1. The number of methoxy groups -OCH3 is 1. The lowest BCUT2D eigenvalue weighted by Crippen LogP contribution is -2.29. The summed E-state index contributed by atoms with van der Waals surface area (Å²) in [5.74, 6) is 0.739. The third kappa shape index (κ3) is 2.52. The number of rotatable bonds is 3. The number of carbonyl (C=O) groups excluding carboxylic acids is 1. The van der Waals surface area contributed by atoms with Gasteiger partial charge in [-0.15, -0.1) is 0 Å². The average molecular weight is 336 g/mol. The van der Waals surface area contributed by atoms with Gasteiger partial charge in [-0.1, -0.05) is 18.2 Å². The van der Waals surface area contributed by atoms with Gasteiger partial charge in [0.1, 0.15) is 0 Å². The third-order valence-corrected chi connectivity index (χ3v) is 5.21. The topological polar surface area (TPSA) is 84.6 Å². The fourth-order valence-corrected chi connectivity index (χ4v) is 3.98. The Labute approximate surface area is 146 Å². The minimum absolute atomic E-state index is 0.0729. The number of benzene rings is 2. The molecule has 2 aromatic carbocycles. The Balaban J connectivity index is 1.75. The standard InChI is InChI=1S/C20H20N2O3/c1-25-18-8-6-11(10-17(18)23)19-14-4-2-3-13(14)15-9-12(20(21)24)5-7-16(15)22-19/h2-3,5-10,13-14,19,22-23H,4H2,1H3,(H2,21,24). The molecule has 0 saturated carbocycles. The predicted octanol–water partition coefficient (Wildman–Crippen LogP) is 3.33. The second kappa shape index (κ2) is 5.84. The zero-order valence-corrected chi connectivity index (χ0v) is 13.9. The summed E-state index contributed by atoms with van der Waals surface area (Å²) >= 11 is 0. The Kier molecular flexibility index (Phi) is 3.64. The smallest absolute Gasteiger partial charge is 0.248 e. The van der Waals surface area contributed by atoms with Crippen molar-refractivity contribution in [2.24, 2.45) is 11.7 Å². The second-order valence-corrected chi connectivity index (χ2v) is 6.57. The van der Waals surface area contributed by atoms with Crippen molar-refractivity contribution >= 4 is 11.6 Å². The van der Waals surface area contributed by atoms with E-state index in [4.69, 9.17) is 10.5 Å². The molecule has 0 bridgehead atoms. The Morgan fingerprint density at radius 2 is 2.12 bits per heavy atom. The molecule has 0 fully saturated rings. The average Bonchev–Trinajstić information content (AvgIpc) is 3.10. The number of nitrogens with two attached hydrogens (primary N) is 1. The van der Waals surface area contributed by atoms with Crippen molar-refractivity contribution in [3.05, 3.63) is 65.2 Å². The molecule has 0 aromatic heterocycles. The van der Waals surface area contributed by atoms with Gasteiger partial charge in [0.25, 0.3) is 0 Å². The molecule has 2 aliphatic rings. The molecule has 3 unspecified atom stereocenters. The molecular weight excluding hydrogens is 316 g/mol. The van der Waals surface area contributed by atoms with Crippen LogP contribution >= 0.6 is 0 Å². The van der Waals surface area contributed by atoms with E-state index in [1.54, 1.807) is 18.2 Å². The molecule has 0 radical (unpaired) electrons. The van der Waals surface area contributed by atoms with Crippen molar-refractivity contribution < 1.29 is 14.6 Å². The molecule has 1 amide bonds. The summed E-state index contributed by atoms with van der Waals surface area (Å²) in [5.41, 5.74) is 9.07. The first-order valence-corrected chi connectivity index (χ1v) is 8.32. The summed E-state index contributed by atoms with van der Waals surface area (Å²) in [4.78, 5) is 11.5. The number of phenols is 1. The lowest BCUT2D eigenvalue weighted by atomic mass is 9.76. The number of hydrogen-bond donors (Lipinski definition) is 3. The van der Waals surface area contributed by atoms with E-state index in [0.717, 1.165) is 23.2 Å². The maximum atomic E-state index is 11.5. The van der Waals surface area contributed by atoms with Gasteiger partial charge in [0.2, 0.25) is 5.91 Å². The molecule has 4 N–H and O–H groups in total. The van der Waals surface area contributed by atoms with E-state index in [0.29, 0.717) is 17.2 Å². The SMILES string of the molecule is COc1ccc(C2Nc3ccc(C(N)=O)cc3C3C=CCC32)cc1O. The fourth-order valence-electron chi connectivity index (χ4n) is 3.98. The molecule has 1 aliphatic carbocycles. The lowest BCUT2D eigenvalue weighted by Gasteiger charge is -2.37. The largest absolute Gasteiger partial charge is 0.504 e. The van der Waals surface area contributed by atoms with Crippen LogP contribution in [-0.4, -0.2) is 18.1 Å². The van der Waals surface area contributed by atoms with Crippen molar-refractivity contribution in [2.45, 2.75) is 18.4 Å². The highest BCUT2D eigenvalue weighted by atomic mass is 16.5. The number of carbonyl (C=O) groups is 1. The van der Waals surface area contributed by atoms with E-state index in [2.05, 4.69) is 17.5 Å². The number of hydrogen-bond acceptors (Lipinski definition) is 4. The molecule has 5 heteroatoms. The molecule has 128 valence electrons.